The molecule has 1 radical (unpaired) electrons. The van der Waals surface area contributed by atoms with Crippen LogP contribution >= 0.6 is 0 Å². The summed E-state index contributed by atoms with van der Waals surface area (Å²) in [5, 5.41) is 10.1. The fourth-order valence-electron chi connectivity index (χ4n) is 2.19. The third-order valence-electron chi connectivity index (χ3n) is 4.58. The lowest BCUT2D eigenvalue weighted by Crippen LogP contribution is -2.49. The van der Waals surface area contributed by atoms with Crippen LogP contribution < -0.4 is 10.2 Å². The van der Waals surface area contributed by atoms with E-state index in [0.717, 1.165) is 12.0 Å². The molecule has 1 fully saturated rings. The van der Waals surface area contributed by atoms with Gasteiger partial charge in [-0.1, -0.05) is 6.07 Å². The maximum atomic E-state index is 10.1. The van der Waals surface area contributed by atoms with Crippen molar-refractivity contribution >= 4 is 12.9 Å². The van der Waals surface area contributed by atoms with E-state index >= 15 is 0 Å². The van der Waals surface area contributed by atoms with E-state index in [1.165, 1.54) is 25.9 Å². The van der Waals surface area contributed by atoms with Gasteiger partial charge in [0.2, 0.25) is 5.88 Å². The molecule has 1 aromatic heterocycles. The molecule has 1 saturated heterocycles. The molecule has 0 saturated carbocycles. The van der Waals surface area contributed by atoms with Crippen LogP contribution in [0.3, 0.4) is 0 Å². The van der Waals surface area contributed by atoms with Gasteiger partial charge in [-0.15, -0.1) is 0 Å². The van der Waals surface area contributed by atoms with Crippen molar-refractivity contribution < 1.29 is 14.5 Å². The Morgan fingerprint density at radius 1 is 1.22 bits per heavy atom. The number of rotatable bonds is 8. The quantitative estimate of drug-likeness (QED) is 0.734. The highest BCUT2D eigenvalue weighted by molar-refractivity contribution is 6.46. The van der Waals surface area contributed by atoms with Gasteiger partial charge in [0.05, 0.1) is 11.2 Å². The zero-order chi connectivity index (χ0) is 16.9. The Bertz CT molecular complexity index is 480. The largest absolute Gasteiger partial charge is 0.476 e. The smallest absolute Gasteiger partial charge is 0.332 e. The number of likely N-dealkylation sites (tertiary alicyclic amines) is 1. The Balaban J connectivity index is 1.75. The lowest BCUT2D eigenvalue weighted by Gasteiger charge is -2.37. The van der Waals surface area contributed by atoms with E-state index in [1.807, 2.05) is 26.0 Å². The van der Waals surface area contributed by atoms with Gasteiger partial charge in [0.15, 0.2) is 0 Å². The summed E-state index contributed by atoms with van der Waals surface area (Å²) in [5.41, 5.74) is -0.776. The Morgan fingerprint density at radius 2 is 1.91 bits per heavy atom. The van der Waals surface area contributed by atoms with Gasteiger partial charge >= 0.3 is 7.48 Å². The maximum absolute atomic E-state index is 10.1. The van der Waals surface area contributed by atoms with Gasteiger partial charge in [0.1, 0.15) is 6.61 Å². The normalized spacial score (nSPS) is 16.6. The highest BCUT2D eigenvalue weighted by atomic mass is 16.5. The van der Waals surface area contributed by atoms with Crippen LogP contribution in [0.1, 0.15) is 40.5 Å². The fourth-order valence-corrected chi connectivity index (χ4v) is 2.19. The van der Waals surface area contributed by atoms with E-state index < -0.39 is 11.2 Å². The first-order valence-corrected chi connectivity index (χ1v) is 8.32. The number of ether oxygens (including phenoxy) is 1. The summed E-state index contributed by atoms with van der Waals surface area (Å²) in [7, 11) is 1.62. The molecule has 1 aliphatic rings. The van der Waals surface area contributed by atoms with Crippen LogP contribution in [0.15, 0.2) is 18.3 Å². The third kappa shape index (κ3) is 5.48. The summed E-state index contributed by atoms with van der Waals surface area (Å²) in [6, 6.07) is 3.74. The molecule has 2 rings (SSSR count). The molecule has 5 nitrogen and oxygen atoms in total. The van der Waals surface area contributed by atoms with Gasteiger partial charge in [-0.25, -0.2) is 4.98 Å². The second-order valence-corrected chi connectivity index (χ2v) is 7.13. The van der Waals surface area contributed by atoms with E-state index in [-0.39, 0.29) is 0 Å². The number of aliphatic hydroxyl groups is 1. The van der Waals surface area contributed by atoms with E-state index in [1.54, 1.807) is 27.5 Å². The van der Waals surface area contributed by atoms with Crippen molar-refractivity contribution in [3.05, 3.63) is 18.3 Å². The molecular weight excluding hydrogens is 291 g/mol. The van der Waals surface area contributed by atoms with Gasteiger partial charge in [0, 0.05) is 12.7 Å². The second kappa shape index (κ2) is 7.64. The minimum absolute atomic E-state index is 0.628. The summed E-state index contributed by atoms with van der Waals surface area (Å²) in [6.07, 6.45) is 4.30. The monoisotopic (exact) mass is 319 g/mol. The van der Waals surface area contributed by atoms with Crippen LogP contribution in [0.5, 0.6) is 5.88 Å². The first-order chi connectivity index (χ1) is 10.8. The highest BCUT2D eigenvalue weighted by Crippen LogP contribution is 2.24. The number of hydrogen-bond donors (Lipinski definition) is 1. The Hall–Kier alpha value is -1.11. The Morgan fingerprint density at radius 3 is 2.48 bits per heavy atom. The van der Waals surface area contributed by atoms with Crippen LogP contribution in [0.25, 0.3) is 0 Å². The van der Waals surface area contributed by atoms with Gasteiger partial charge in [-0.05, 0) is 65.2 Å². The number of nitrogens with zero attached hydrogens (tertiary/aromatic N) is 2. The van der Waals surface area contributed by atoms with E-state index in [0.29, 0.717) is 12.5 Å². The molecule has 0 aromatic carbocycles. The molecule has 0 aliphatic carbocycles. The van der Waals surface area contributed by atoms with Crippen molar-refractivity contribution in [2.75, 3.05) is 26.2 Å². The predicted molar refractivity (Wildman–Crippen MR) is 92.3 cm³/mol. The minimum Gasteiger partial charge on any atom is -0.476 e. The molecule has 0 bridgehead atoms. The lowest BCUT2D eigenvalue weighted by molar-refractivity contribution is -0.0893. The SMILES string of the molecule is CC(C)(O)C(C)(C)O[B]c1ccc(OCCN2CCCC2)nc1. The molecule has 6 heteroatoms. The zero-order valence-electron chi connectivity index (χ0n) is 14.7. The molecular formula is C17H28BN2O3. The summed E-state index contributed by atoms with van der Waals surface area (Å²) in [6.45, 7) is 11.2. The van der Waals surface area contributed by atoms with Crippen LogP contribution in [0.4, 0.5) is 0 Å². The Kier molecular flexibility index (Phi) is 6.06. The van der Waals surface area contributed by atoms with Gasteiger partial charge < -0.3 is 14.5 Å². The van der Waals surface area contributed by atoms with Crippen LogP contribution in [0, 0.1) is 0 Å². The van der Waals surface area contributed by atoms with Crippen molar-refractivity contribution in [1.82, 2.24) is 9.88 Å². The first-order valence-electron chi connectivity index (χ1n) is 8.32. The summed E-state index contributed by atoms with van der Waals surface area (Å²) >= 11 is 0. The minimum atomic E-state index is -0.935. The molecule has 127 valence electrons. The number of aromatic nitrogens is 1. The van der Waals surface area contributed by atoms with Crippen molar-refractivity contribution in [2.24, 2.45) is 0 Å². The molecule has 23 heavy (non-hydrogen) atoms. The van der Waals surface area contributed by atoms with E-state index in [2.05, 4.69) is 9.88 Å². The molecule has 0 atom stereocenters. The van der Waals surface area contributed by atoms with Gasteiger partial charge in [0.25, 0.3) is 0 Å². The standard InChI is InChI=1S/C17H28BN2O3/c1-16(2,21)17(3,4)23-18-14-7-8-15(19-13-14)22-12-11-20-9-5-6-10-20/h7-8,13,21H,5-6,9-12H2,1-4H3. The second-order valence-electron chi connectivity index (χ2n) is 7.13. The third-order valence-corrected chi connectivity index (χ3v) is 4.58. The average Bonchev–Trinajstić information content (AvgIpc) is 2.99. The first kappa shape index (κ1) is 18.2. The molecule has 1 aromatic rings. The Labute approximate surface area is 140 Å². The number of pyridine rings is 1. The summed E-state index contributed by atoms with van der Waals surface area (Å²) in [4.78, 5) is 6.70. The van der Waals surface area contributed by atoms with Gasteiger partial charge in [-0.3, -0.25) is 4.90 Å². The molecule has 1 aliphatic heterocycles. The van der Waals surface area contributed by atoms with Gasteiger partial charge in [-0.2, -0.15) is 0 Å². The zero-order valence-corrected chi connectivity index (χ0v) is 14.7. The van der Waals surface area contributed by atoms with Crippen molar-refractivity contribution in [3.8, 4) is 5.88 Å². The molecule has 1 N–H and O–H groups in total. The van der Waals surface area contributed by atoms with E-state index in [4.69, 9.17) is 9.39 Å². The number of hydrogen-bond acceptors (Lipinski definition) is 5. The van der Waals surface area contributed by atoms with Crippen LogP contribution in [-0.2, 0) is 4.65 Å². The predicted octanol–water partition coefficient (Wildman–Crippen LogP) is 1.37. The topological polar surface area (TPSA) is 54.8 Å². The molecule has 0 unspecified atom stereocenters. The fraction of sp³-hybridized carbons (Fsp3) is 0.706. The molecule has 2 heterocycles. The highest BCUT2D eigenvalue weighted by Gasteiger charge is 2.35. The van der Waals surface area contributed by atoms with Crippen molar-refractivity contribution in [3.63, 3.8) is 0 Å². The van der Waals surface area contributed by atoms with E-state index in [9.17, 15) is 5.11 Å². The lowest BCUT2D eigenvalue weighted by atomic mass is 9.83. The average molecular weight is 319 g/mol. The van der Waals surface area contributed by atoms with Crippen molar-refractivity contribution in [1.29, 1.82) is 0 Å². The summed E-state index contributed by atoms with van der Waals surface area (Å²) < 4.78 is 11.4. The molecule has 0 spiro atoms. The summed E-state index contributed by atoms with van der Waals surface area (Å²) in [5.74, 6) is 0.628. The van der Waals surface area contributed by atoms with Crippen molar-refractivity contribution in [2.45, 2.75) is 51.7 Å². The molecule has 0 amide bonds. The van der Waals surface area contributed by atoms with Crippen LogP contribution in [0.2, 0.25) is 0 Å². The maximum Gasteiger partial charge on any atom is 0.332 e. The van der Waals surface area contributed by atoms with Crippen LogP contribution in [-0.4, -0.2) is 59.9 Å².